The van der Waals surface area contributed by atoms with Crippen LogP contribution in [0.1, 0.15) is 5.56 Å². The van der Waals surface area contributed by atoms with E-state index in [0.717, 1.165) is 36.4 Å². The Morgan fingerprint density at radius 3 is 1.75 bits per heavy atom. The Kier molecular flexibility index (Phi) is 11.3. The molecule has 0 bridgehead atoms. The maximum Gasteiger partial charge on any atom is 0.296 e. The first kappa shape index (κ1) is 43.8. The average molecular weight is 917 g/mol. The molecule has 318 valence electrons. The lowest BCUT2D eigenvalue weighted by Gasteiger charge is -2.11. The van der Waals surface area contributed by atoms with Crippen molar-refractivity contribution in [1.29, 1.82) is 0 Å². The molecule has 23 nitrogen and oxygen atoms in total. The molecular weight excluding hydrogens is 889 g/mol. The fourth-order valence-corrected chi connectivity index (χ4v) is 8.10. The van der Waals surface area contributed by atoms with Gasteiger partial charge in [-0.1, -0.05) is 6.07 Å². The van der Waals surface area contributed by atoms with E-state index < -0.39 is 82.9 Å². The normalized spacial score (nSPS) is 13.0. The summed E-state index contributed by atoms with van der Waals surface area (Å²) in [5.74, 6) is -1.62. The summed E-state index contributed by atoms with van der Waals surface area (Å²) >= 11 is 0. The average Bonchev–Trinajstić information content (AvgIpc) is 3.15. The minimum atomic E-state index is -5.06. The Hall–Kier alpha value is -6.72. The molecule has 0 saturated heterocycles. The number of nitrogens with two attached hydrogens (primary N) is 2. The third-order valence-corrected chi connectivity index (χ3v) is 12.1. The Bertz CT molecular complexity index is 3410. The highest BCUT2D eigenvalue weighted by molar-refractivity contribution is 7.86. The molecule has 61 heavy (non-hydrogen) atoms. The third-order valence-electron chi connectivity index (χ3n) is 8.64. The Balaban J connectivity index is 1.41. The number of methoxy groups -OCH3 is 1. The summed E-state index contributed by atoms with van der Waals surface area (Å²) in [5, 5.41) is 45.4. The summed E-state index contributed by atoms with van der Waals surface area (Å²) in [6.07, 6.45) is 0. The topological polar surface area (TPSA) is 393 Å². The van der Waals surface area contributed by atoms with Gasteiger partial charge in [0.2, 0.25) is 0 Å². The lowest BCUT2D eigenvalue weighted by atomic mass is 10.1. The zero-order chi connectivity index (χ0) is 45.0. The highest BCUT2D eigenvalue weighted by Gasteiger charge is 2.24. The van der Waals surface area contributed by atoms with Gasteiger partial charge in [-0.3, -0.25) is 18.2 Å². The molecule has 27 heteroatoms. The third kappa shape index (κ3) is 9.07. The number of phenolic OH excluding ortho intramolecular Hbond substituents is 2. The quantitative estimate of drug-likeness (QED) is 0.0364. The van der Waals surface area contributed by atoms with Crippen molar-refractivity contribution in [2.24, 2.45) is 30.7 Å². The summed E-state index contributed by atoms with van der Waals surface area (Å²) in [7, 11) is -18.4. The van der Waals surface area contributed by atoms with Crippen LogP contribution < -0.4 is 16.2 Å². The first-order valence-electron chi connectivity index (χ1n) is 16.4. The second kappa shape index (κ2) is 15.7. The van der Waals surface area contributed by atoms with Gasteiger partial charge < -0.3 is 26.4 Å². The Morgan fingerprint density at radius 1 is 0.557 bits per heavy atom. The van der Waals surface area contributed by atoms with Crippen molar-refractivity contribution in [1.82, 2.24) is 0 Å². The molecule has 0 aliphatic heterocycles. The maximum atomic E-state index is 12.5. The van der Waals surface area contributed by atoms with Gasteiger partial charge in [0, 0.05) is 17.5 Å². The van der Waals surface area contributed by atoms with Crippen molar-refractivity contribution in [2.75, 3.05) is 18.6 Å². The molecule has 0 amide bonds. The number of nitrogens with zero attached hydrogens (tertiary/aromatic N) is 6. The van der Waals surface area contributed by atoms with Crippen molar-refractivity contribution in [2.45, 2.75) is 26.5 Å². The molecule has 0 aliphatic carbocycles. The second-order valence-corrected chi connectivity index (χ2v) is 18.3. The molecule has 6 aromatic rings. The lowest BCUT2D eigenvalue weighted by molar-refractivity contribution is 0.416. The highest BCUT2D eigenvalue weighted by atomic mass is 32.2. The van der Waals surface area contributed by atoms with Crippen LogP contribution in [0.5, 0.6) is 17.2 Å². The first-order valence-corrected chi connectivity index (χ1v) is 22.2. The van der Waals surface area contributed by atoms with Crippen molar-refractivity contribution in [3.63, 3.8) is 0 Å². The van der Waals surface area contributed by atoms with Crippen LogP contribution in [-0.2, 0) is 40.5 Å². The van der Waals surface area contributed by atoms with E-state index in [9.17, 15) is 62.1 Å². The molecule has 10 N–H and O–H groups in total. The number of ether oxygens (including phenoxy) is 1. The second-order valence-electron chi connectivity index (χ2n) is 12.7. The minimum Gasteiger partial charge on any atom is -0.507 e. The predicted octanol–water partition coefficient (Wildman–Crippen LogP) is 7.12. The first-order chi connectivity index (χ1) is 28.3. The van der Waals surface area contributed by atoms with Crippen molar-refractivity contribution >= 4 is 108 Å². The van der Waals surface area contributed by atoms with E-state index in [4.69, 9.17) is 16.2 Å². The van der Waals surface area contributed by atoms with Gasteiger partial charge in [-0.05, 0) is 77.9 Å². The van der Waals surface area contributed by atoms with Gasteiger partial charge in [-0.15, -0.1) is 20.5 Å². The van der Waals surface area contributed by atoms with Gasteiger partial charge in [0.1, 0.15) is 38.4 Å². The molecule has 0 aliphatic rings. The zero-order valence-electron chi connectivity index (χ0n) is 30.8. The number of hydrogen-bond donors (Lipinski definition) is 8. The maximum absolute atomic E-state index is 12.5. The number of fused-ring (bicyclic) bond motifs is 2. The van der Waals surface area contributed by atoms with Crippen LogP contribution in [0.15, 0.2) is 123 Å². The number of aryl methyl sites for hydroxylation is 1. The molecule has 0 unspecified atom stereocenters. The molecule has 0 aromatic heterocycles. The van der Waals surface area contributed by atoms with Crippen LogP contribution in [0.4, 0.5) is 45.5 Å². The van der Waals surface area contributed by atoms with Gasteiger partial charge in [0.25, 0.3) is 40.5 Å². The van der Waals surface area contributed by atoms with Crippen LogP contribution in [-0.4, -0.2) is 69.2 Å². The minimum absolute atomic E-state index is 0.000762. The van der Waals surface area contributed by atoms with E-state index >= 15 is 0 Å². The summed E-state index contributed by atoms with van der Waals surface area (Å²) < 4.78 is 140. The van der Waals surface area contributed by atoms with Crippen molar-refractivity contribution in [3.05, 3.63) is 78.4 Å². The fraction of sp³-hybridized carbons (Fsp3) is 0.0588. The highest BCUT2D eigenvalue weighted by Crippen LogP contribution is 2.45. The number of aromatic hydroxyl groups is 2. The summed E-state index contributed by atoms with van der Waals surface area (Å²) in [4.78, 5) is -3.07. The van der Waals surface area contributed by atoms with Crippen LogP contribution in [0.25, 0.3) is 21.5 Å². The number of azo groups is 3. The van der Waals surface area contributed by atoms with E-state index in [1.165, 1.54) is 44.4 Å². The van der Waals surface area contributed by atoms with Crippen molar-refractivity contribution < 1.29 is 66.8 Å². The molecule has 0 saturated carbocycles. The van der Waals surface area contributed by atoms with E-state index in [-0.39, 0.29) is 67.0 Å². The van der Waals surface area contributed by atoms with Gasteiger partial charge >= 0.3 is 0 Å². The monoisotopic (exact) mass is 916 g/mol. The number of phenols is 2. The molecular formula is C34H28N8O15S4. The molecule has 0 radical (unpaired) electrons. The van der Waals surface area contributed by atoms with E-state index in [1.54, 1.807) is 0 Å². The van der Waals surface area contributed by atoms with E-state index in [0.29, 0.717) is 6.07 Å². The number of hydrogen-bond acceptors (Lipinski definition) is 19. The van der Waals surface area contributed by atoms with E-state index in [1.807, 2.05) is 0 Å². The summed E-state index contributed by atoms with van der Waals surface area (Å²) in [6.45, 7) is 1.50. The Morgan fingerprint density at radius 2 is 1.15 bits per heavy atom. The molecule has 6 rings (SSSR count). The van der Waals surface area contributed by atoms with Crippen LogP contribution in [0.3, 0.4) is 0 Å². The van der Waals surface area contributed by atoms with Crippen LogP contribution in [0, 0.1) is 6.92 Å². The fourth-order valence-electron chi connectivity index (χ4n) is 5.75. The number of benzene rings is 6. The molecule has 6 aromatic carbocycles. The lowest BCUT2D eigenvalue weighted by Crippen LogP contribution is -2.04. The van der Waals surface area contributed by atoms with Gasteiger partial charge in [0.15, 0.2) is 5.75 Å². The number of nitrogen functional groups attached to an aromatic ring is 2. The zero-order valence-corrected chi connectivity index (χ0v) is 34.0. The largest absolute Gasteiger partial charge is 0.507 e. The van der Waals surface area contributed by atoms with Crippen LogP contribution in [0.2, 0.25) is 0 Å². The molecule has 0 spiro atoms. The van der Waals surface area contributed by atoms with Gasteiger partial charge in [-0.2, -0.15) is 43.9 Å². The molecule has 0 atom stereocenters. The molecule has 0 fully saturated rings. The van der Waals surface area contributed by atoms with Crippen LogP contribution >= 0.6 is 0 Å². The van der Waals surface area contributed by atoms with Crippen molar-refractivity contribution in [3.8, 4) is 17.2 Å². The standard InChI is InChI=1S/C34H28N8O15S4/c1-15-7-24(27(57-2)14-23(15)38-40-25-12-19(58(45,46)47)8-17-9-20(59(48,49)50)13-26(43)30(17)25)39-42-33-29(61(54,55)56)10-16-3-4-18(11-21(16)34(33)44)37-41-32-22(35)5-6-28(31(32)36)60(51,52)53/h3-14,43-44H,35-36H2,1-2H3,(H,45,46,47)(H,48,49,50)(H,51,52,53)(H,54,55,56). The van der Waals surface area contributed by atoms with Gasteiger partial charge in [0.05, 0.1) is 50.7 Å². The SMILES string of the molecule is COc1cc(N=Nc2cc(S(=O)(=O)O)cc3cc(S(=O)(=O)O)cc(O)c23)c(C)cc1N=Nc1c(S(=O)(=O)O)cc2ccc(N=Nc3c(N)ccc(S(=O)(=O)O)c3N)cc2c1O. The summed E-state index contributed by atoms with van der Waals surface area (Å²) in [5.41, 5.74) is 9.96. The molecule has 0 heterocycles. The predicted molar refractivity (Wildman–Crippen MR) is 216 cm³/mol. The number of rotatable bonds is 11. The summed E-state index contributed by atoms with van der Waals surface area (Å²) in [6, 6.07) is 12.7. The van der Waals surface area contributed by atoms with Gasteiger partial charge in [-0.25, -0.2) is 0 Å². The smallest absolute Gasteiger partial charge is 0.296 e. The Labute approximate surface area is 344 Å². The number of anilines is 2. The van der Waals surface area contributed by atoms with E-state index in [2.05, 4.69) is 30.7 Å².